The maximum atomic E-state index is 13.2. The lowest BCUT2D eigenvalue weighted by Gasteiger charge is -2.41. The number of fused-ring (bicyclic) bond motifs is 1. The van der Waals surface area contributed by atoms with Crippen molar-refractivity contribution in [3.63, 3.8) is 0 Å². The second-order valence-corrected chi connectivity index (χ2v) is 10.1. The molecule has 178 valence electrons. The molecular formula is C26H26N6O2S. The van der Waals surface area contributed by atoms with E-state index in [4.69, 9.17) is 5.10 Å². The zero-order chi connectivity index (χ0) is 23.9. The Morgan fingerprint density at radius 3 is 2.57 bits per heavy atom. The van der Waals surface area contributed by atoms with Gasteiger partial charge in [-0.05, 0) is 24.6 Å². The van der Waals surface area contributed by atoms with Gasteiger partial charge in [0.25, 0.3) is 11.8 Å². The van der Waals surface area contributed by atoms with Gasteiger partial charge < -0.3 is 15.1 Å². The van der Waals surface area contributed by atoms with Gasteiger partial charge in [0.1, 0.15) is 5.69 Å². The number of benzene rings is 2. The molecule has 2 aliphatic rings. The average Bonchev–Trinajstić information content (AvgIpc) is 3.62. The van der Waals surface area contributed by atoms with Crippen molar-refractivity contribution in [1.82, 2.24) is 29.9 Å². The smallest absolute Gasteiger partial charge is 0.282 e. The highest BCUT2D eigenvalue weighted by atomic mass is 32.1. The number of carbonyl (C=O) groups is 2. The molecule has 8 nitrogen and oxygen atoms in total. The molecule has 2 amide bonds. The first kappa shape index (κ1) is 21.9. The van der Waals surface area contributed by atoms with Gasteiger partial charge in [-0.1, -0.05) is 30.3 Å². The summed E-state index contributed by atoms with van der Waals surface area (Å²) in [6.45, 7) is 2.77. The molecule has 2 saturated heterocycles. The molecule has 2 aromatic carbocycles. The van der Waals surface area contributed by atoms with Crippen LogP contribution >= 0.6 is 11.3 Å². The Hall–Kier alpha value is -3.56. The first-order valence-corrected chi connectivity index (χ1v) is 12.7. The molecule has 2 aliphatic heterocycles. The van der Waals surface area contributed by atoms with Gasteiger partial charge in [0.15, 0.2) is 5.01 Å². The molecule has 1 atom stereocenters. The standard InChI is InChI=1S/C26H26N6O2S/c1-30-22-8-7-18(13-21(22)23(29-30)17-5-3-2-4-6-17)25(33)32-15-20(16-32)28-19-9-11-31(14-19)26(34)24-27-10-12-35-24/h2-8,10,12-13,19-20,28H,9,11,14-16H2,1H3/t19-/m0/s1. The zero-order valence-electron chi connectivity index (χ0n) is 19.4. The molecule has 1 N–H and O–H groups in total. The maximum absolute atomic E-state index is 13.2. The zero-order valence-corrected chi connectivity index (χ0v) is 20.2. The highest BCUT2D eigenvalue weighted by molar-refractivity contribution is 7.11. The Kier molecular flexibility index (Phi) is 5.58. The number of nitrogens with zero attached hydrogens (tertiary/aromatic N) is 5. The molecular weight excluding hydrogens is 460 g/mol. The van der Waals surface area contributed by atoms with E-state index in [1.54, 1.807) is 6.20 Å². The first-order chi connectivity index (χ1) is 17.1. The van der Waals surface area contributed by atoms with Crippen LogP contribution in [0.25, 0.3) is 22.2 Å². The number of rotatable bonds is 5. The molecule has 0 saturated carbocycles. The molecule has 4 heterocycles. The van der Waals surface area contributed by atoms with Crippen molar-refractivity contribution < 1.29 is 9.59 Å². The summed E-state index contributed by atoms with van der Waals surface area (Å²) in [6.07, 6.45) is 2.58. The molecule has 0 spiro atoms. The molecule has 6 rings (SSSR count). The molecule has 0 radical (unpaired) electrons. The molecule has 4 aromatic rings. The predicted molar refractivity (Wildman–Crippen MR) is 135 cm³/mol. The highest BCUT2D eigenvalue weighted by Gasteiger charge is 2.35. The quantitative estimate of drug-likeness (QED) is 0.469. The van der Waals surface area contributed by atoms with E-state index < -0.39 is 0 Å². The van der Waals surface area contributed by atoms with Crippen LogP contribution in [0, 0.1) is 0 Å². The monoisotopic (exact) mass is 486 g/mol. The average molecular weight is 487 g/mol. The lowest BCUT2D eigenvalue weighted by molar-refractivity contribution is 0.0553. The van der Waals surface area contributed by atoms with Crippen LogP contribution in [-0.2, 0) is 7.05 Å². The van der Waals surface area contributed by atoms with E-state index in [9.17, 15) is 9.59 Å². The number of carbonyl (C=O) groups excluding carboxylic acids is 2. The van der Waals surface area contributed by atoms with Crippen molar-refractivity contribution in [2.45, 2.75) is 18.5 Å². The normalized spacial score (nSPS) is 18.3. The summed E-state index contributed by atoms with van der Waals surface area (Å²) in [7, 11) is 1.93. The van der Waals surface area contributed by atoms with E-state index in [0.29, 0.717) is 30.2 Å². The van der Waals surface area contributed by atoms with Crippen LogP contribution in [0.5, 0.6) is 0 Å². The Morgan fingerprint density at radius 2 is 1.80 bits per heavy atom. The third-order valence-electron chi connectivity index (χ3n) is 6.88. The lowest BCUT2D eigenvalue weighted by Crippen LogP contribution is -2.62. The van der Waals surface area contributed by atoms with Crippen LogP contribution in [-0.4, -0.2) is 74.6 Å². The topological polar surface area (TPSA) is 83.4 Å². The first-order valence-electron chi connectivity index (χ1n) is 11.8. The van der Waals surface area contributed by atoms with E-state index in [1.165, 1.54) is 11.3 Å². The number of nitrogens with one attached hydrogen (secondary N) is 1. The molecule has 0 unspecified atom stereocenters. The van der Waals surface area contributed by atoms with Crippen LogP contribution < -0.4 is 5.32 Å². The fraction of sp³-hybridized carbons (Fsp3) is 0.308. The van der Waals surface area contributed by atoms with Gasteiger partial charge in [-0.15, -0.1) is 11.3 Å². The number of aromatic nitrogens is 3. The fourth-order valence-electron chi connectivity index (χ4n) is 5.02. The van der Waals surface area contributed by atoms with Crippen molar-refractivity contribution >= 4 is 34.1 Å². The van der Waals surface area contributed by atoms with Crippen LogP contribution in [0.15, 0.2) is 60.1 Å². The molecule has 35 heavy (non-hydrogen) atoms. The van der Waals surface area contributed by atoms with E-state index in [0.717, 1.165) is 35.1 Å². The summed E-state index contributed by atoms with van der Waals surface area (Å²) in [4.78, 5) is 33.6. The number of hydrogen-bond donors (Lipinski definition) is 1. The van der Waals surface area contributed by atoms with Gasteiger partial charge in [-0.25, -0.2) is 4.98 Å². The van der Waals surface area contributed by atoms with E-state index in [2.05, 4.69) is 10.3 Å². The van der Waals surface area contributed by atoms with Crippen molar-refractivity contribution in [1.29, 1.82) is 0 Å². The minimum atomic E-state index is 0.00961. The minimum absolute atomic E-state index is 0.00961. The summed E-state index contributed by atoms with van der Waals surface area (Å²) in [5, 5.41) is 11.7. The predicted octanol–water partition coefficient (Wildman–Crippen LogP) is 3.03. The Bertz CT molecular complexity index is 1380. The summed E-state index contributed by atoms with van der Waals surface area (Å²) in [5.74, 6) is 0.0511. The van der Waals surface area contributed by atoms with E-state index >= 15 is 0 Å². The summed E-state index contributed by atoms with van der Waals surface area (Å²) >= 11 is 1.38. The maximum Gasteiger partial charge on any atom is 0.282 e. The van der Waals surface area contributed by atoms with Gasteiger partial charge in [-0.3, -0.25) is 14.3 Å². The highest BCUT2D eigenvalue weighted by Crippen LogP contribution is 2.29. The van der Waals surface area contributed by atoms with Crippen molar-refractivity contribution in [2.24, 2.45) is 7.05 Å². The Morgan fingerprint density at radius 1 is 1.00 bits per heavy atom. The second kappa shape index (κ2) is 8.90. The van der Waals surface area contributed by atoms with Crippen LogP contribution in [0.4, 0.5) is 0 Å². The van der Waals surface area contributed by atoms with Crippen LogP contribution in [0.3, 0.4) is 0 Å². The minimum Gasteiger partial charge on any atom is -0.335 e. The Labute approximate surface area is 207 Å². The fourth-order valence-corrected chi connectivity index (χ4v) is 5.62. The molecule has 0 bridgehead atoms. The number of amides is 2. The summed E-state index contributed by atoms with van der Waals surface area (Å²) < 4.78 is 1.86. The van der Waals surface area contributed by atoms with Crippen LogP contribution in [0.2, 0.25) is 0 Å². The Balaban J connectivity index is 1.09. The van der Waals surface area contributed by atoms with Crippen molar-refractivity contribution in [3.8, 4) is 11.3 Å². The number of likely N-dealkylation sites (tertiary alicyclic amines) is 2. The summed E-state index contributed by atoms with van der Waals surface area (Å²) in [5.41, 5.74) is 3.61. The SMILES string of the molecule is Cn1nc(-c2ccccc2)c2cc(C(=O)N3CC(N[C@H]4CCN(C(=O)c5nccs5)C4)C3)ccc21. The molecule has 0 aliphatic carbocycles. The summed E-state index contributed by atoms with van der Waals surface area (Å²) in [6, 6.07) is 16.4. The van der Waals surface area contributed by atoms with Gasteiger partial charge in [0.2, 0.25) is 0 Å². The van der Waals surface area contributed by atoms with E-state index in [1.807, 2.05) is 75.4 Å². The number of thiazole rings is 1. The number of hydrogen-bond acceptors (Lipinski definition) is 6. The second-order valence-electron chi connectivity index (χ2n) is 9.22. The molecule has 2 aromatic heterocycles. The molecule has 9 heteroatoms. The van der Waals surface area contributed by atoms with Gasteiger partial charge in [0, 0.05) is 73.4 Å². The van der Waals surface area contributed by atoms with Crippen molar-refractivity contribution in [3.05, 3.63) is 70.7 Å². The van der Waals surface area contributed by atoms with Gasteiger partial charge >= 0.3 is 0 Å². The van der Waals surface area contributed by atoms with Crippen LogP contribution in [0.1, 0.15) is 26.6 Å². The van der Waals surface area contributed by atoms with E-state index in [-0.39, 0.29) is 23.9 Å². The molecule has 2 fully saturated rings. The van der Waals surface area contributed by atoms with Gasteiger partial charge in [-0.2, -0.15) is 5.10 Å². The largest absolute Gasteiger partial charge is 0.335 e. The van der Waals surface area contributed by atoms with Crippen molar-refractivity contribution in [2.75, 3.05) is 26.2 Å². The lowest BCUT2D eigenvalue weighted by atomic mass is 10.0. The van der Waals surface area contributed by atoms with Gasteiger partial charge in [0.05, 0.1) is 5.52 Å². The third-order valence-corrected chi connectivity index (χ3v) is 7.64. The number of aryl methyl sites for hydroxylation is 1. The third kappa shape index (κ3) is 4.11.